The summed E-state index contributed by atoms with van der Waals surface area (Å²) in [4.78, 5) is 11.8. The standard InChI is InChI=1S/C15H22N2O3/c1-12-5-2-3-6-14(12)20-9-4-7-17-15(18)13-11-19-10-8-16-13/h2-3,5-6,13,16H,4,7-11H2,1H3,(H,17,18)/t13-/m0/s1. The van der Waals surface area contributed by atoms with Crippen LogP contribution in [-0.2, 0) is 9.53 Å². The van der Waals surface area contributed by atoms with Crippen LogP contribution in [0.1, 0.15) is 12.0 Å². The summed E-state index contributed by atoms with van der Waals surface area (Å²) in [5.41, 5.74) is 1.13. The molecule has 2 rings (SSSR count). The molecule has 1 heterocycles. The van der Waals surface area contributed by atoms with Crippen LogP contribution in [-0.4, -0.2) is 44.9 Å². The highest BCUT2D eigenvalue weighted by atomic mass is 16.5. The Morgan fingerprint density at radius 2 is 2.35 bits per heavy atom. The fraction of sp³-hybridized carbons (Fsp3) is 0.533. The van der Waals surface area contributed by atoms with Crippen molar-refractivity contribution in [2.24, 2.45) is 0 Å². The van der Waals surface area contributed by atoms with Crippen LogP contribution in [0.2, 0.25) is 0 Å². The SMILES string of the molecule is Cc1ccccc1OCCCNC(=O)[C@@H]1COCCN1. The van der Waals surface area contributed by atoms with Crippen molar-refractivity contribution >= 4 is 5.91 Å². The van der Waals surface area contributed by atoms with E-state index in [1.54, 1.807) is 0 Å². The molecule has 1 fully saturated rings. The molecule has 1 aromatic carbocycles. The summed E-state index contributed by atoms with van der Waals surface area (Å²) in [6.07, 6.45) is 0.785. The molecule has 5 nitrogen and oxygen atoms in total. The van der Waals surface area contributed by atoms with Crippen molar-refractivity contribution in [1.29, 1.82) is 0 Å². The second-order valence-electron chi connectivity index (χ2n) is 4.84. The number of rotatable bonds is 6. The van der Waals surface area contributed by atoms with Gasteiger partial charge in [0.25, 0.3) is 0 Å². The van der Waals surface area contributed by atoms with Crippen molar-refractivity contribution in [3.05, 3.63) is 29.8 Å². The molecule has 0 radical (unpaired) electrons. The molecule has 110 valence electrons. The maximum Gasteiger partial charge on any atom is 0.239 e. The topological polar surface area (TPSA) is 59.6 Å². The lowest BCUT2D eigenvalue weighted by Crippen LogP contribution is -2.51. The summed E-state index contributed by atoms with van der Waals surface area (Å²) >= 11 is 0. The summed E-state index contributed by atoms with van der Waals surface area (Å²) in [5.74, 6) is 0.904. The first kappa shape index (κ1) is 14.8. The first-order valence-corrected chi connectivity index (χ1v) is 7.04. The Kier molecular flexibility index (Phi) is 5.83. The van der Waals surface area contributed by atoms with E-state index in [4.69, 9.17) is 9.47 Å². The van der Waals surface area contributed by atoms with Crippen LogP contribution in [0.5, 0.6) is 5.75 Å². The lowest BCUT2D eigenvalue weighted by molar-refractivity contribution is -0.125. The molecule has 0 aliphatic carbocycles. The zero-order chi connectivity index (χ0) is 14.2. The van der Waals surface area contributed by atoms with Crippen molar-refractivity contribution in [2.75, 3.05) is 32.9 Å². The van der Waals surface area contributed by atoms with Gasteiger partial charge in [0.05, 0.1) is 19.8 Å². The number of para-hydroxylation sites is 1. The third-order valence-electron chi connectivity index (χ3n) is 3.21. The highest BCUT2D eigenvalue weighted by molar-refractivity contribution is 5.81. The summed E-state index contributed by atoms with van der Waals surface area (Å²) in [6.45, 7) is 5.09. The Morgan fingerprint density at radius 1 is 1.50 bits per heavy atom. The second kappa shape index (κ2) is 7.87. The van der Waals surface area contributed by atoms with Crippen LogP contribution in [0.4, 0.5) is 0 Å². The highest BCUT2D eigenvalue weighted by Crippen LogP contribution is 2.15. The van der Waals surface area contributed by atoms with Crippen LogP contribution in [0.15, 0.2) is 24.3 Å². The number of nitrogens with one attached hydrogen (secondary N) is 2. The summed E-state index contributed by atoms with van der Waals surface area (Å²) in [6, 6.07) is 7.70. The van der Waals surface area contributed by atoms with Gasteiger partial charge in [-0.15, -0.1) is 0 Å². The predicted molar refractivity (Wildman–Crippen MR) is 76.9 cm³/mol. The van der Waals surface area contributed by atoms with Crippen LogP contribution in [0.25, 0.3) is 0 Å². The molecule has 0 aromatic heterocycles. The highest BCUT2D eigenvalue weighted by Gasteiger charge is 2.20. The number of carbonyl (C=O) groups is 1. The quantitative estimate of drug-likeness (QED) is 0.758. The minimum atomic E-state index is -0.221. The van der Waals surface area contributed by atoms with Crippen molar-refractivity contribution in [1.82, 2.24) is 10.6 Å². The van der Waals surface area contributed by atoms with E-state index in [0.29, 0.717) is 26.4 Å². The minimum absolute atomic E-state index is 0.000548. The molecule has 1 aliphatic heterocycles. The normalized spacial score (nSPS) is 18.6. The molecule has 1 aliphatic rings. The molecule has 0 unspecified atom stereocenters. The number of carbonyl (C=O) groups excluding carboxylic acids is 1. The minimum Gasteiger partial charge on any atom is -0.493 e. The van der Waals surface area contributed by atoms with Gasteiger partial charge in [-0.2, -0.15) is 0 Å². The van der Waals surface area contributed by atoms with Crippen molar-refractivity contribution < 1.29 is 14.3 Å². The number of hydrogen-bond acceptors (Lipinski definition) is 4. The first-order chi connectivity index (χ1) is 9.77. The molecular formula is C15H22N2O3. The molecule has 0 saturated carbocycles. The third kappa shape index (κ3) is 4.51. The number of ether oxygens (including phenoxy) is 2. The van der Waals surface area contributed by atoms with E-state index in [-0.39, 0.29) is 11.9 Å². The summed E-state index contributed by atoms with van der Waals surface area (Å²) < 4.78 is 10.9. The Hall–Kier alpha value is -1.59. The van der Waals surface area contributed by atoms with E-state index in [1.807, 2.05) is 31.2 Å². The fourth-order valence-electron chi connectivity index (χ4n) is 2.04. The predicted octanol–water partition coefficient (Wildman–Crippen LogP) is 0.869. The Labute approximate surface area is 119 Å². The first-order valence-electron chi connectivity index (χ1n) is 7.04. The third-order valence-corrected chi connectivity index (χ3v) is 3.21. The molecule has 1 aromatic rings. The zero-order valence-corrected chi connectivity index (χ0v) is 11.9. The van der Waals surface area contributed by atoms with E-state index in [0.717, 1.165) is 24.3 Å². The van der Waals surface area contributed by atoms with Crippen molar-refractivity contribution in [3.8, 4) is 5.75 Å². The monoisotopic (exact) mass is 278 g/mol. The average molecular weight is 278 g/mol. The number of morpholine rings is 1. The van der Waals surface area contributed by atoms with Crippen LogP contribution in [0.3, 0.4) is 0 Å². The van der Waals surface area contributed by atoms with Gasteiger partial charge in [-0.05, 0) is 25.0 Å². The number of hydrogen-bond donors (Lipinski definition) is 2. The molecular weight excluding hydrogens is 256 g/mol. The van der Waals surface area contributed by atoms with Gasteiger partial charge in [-0.3, -0.25) is 4.79 Å². The Morgan fingerprint density at radius 3 is 3.10 bits per heavy atom. The maximum atomic E-state index is 11.8. The molecule has 5 heteroatoms. The molecule has 0 bridgehead atoms. The van der Waals surface area contributed by atoms with Gasteiger partial charge in [-0.1, -0.05) is 18.2 Å². The number of benzene rings is 1. The van der Waals surface area contributed by atoms with Gasteiger partial charge in [0.2, 0.25) is 5.91 Å². The van der Waals surface area contributed by atoms with Crippen LogP contribution < -0.4 is 15.4 Å². The van der Waals surface area contributed by atoms with E-state index in [9.17, 15) is 4.79 Å². The lowest BCUT2D eigenvalue weighted by atomic mass is 10.2. The van der Waals surface area contributed by atoms with Crippen LogP contribution in [0, 0.1) is 6.92 Å². The van der Waals surface area contributed by atoms with Gasteiger partial charge < -0.3 is 20.1 Å². The molecule has 0 spiro atoms. The average Bonchev–Trinajstić information content (AvgIpc) is 2.49. The Bertz CT molecular complexity index is 431. The van der Waals surface area contributed by atoms with E-state index < -0.39 is 0 Å². The Balaban J connectivity index is 1.59. The van der Waals surface area contributed by atoms with Crippen molar-refractivity contribution in [2.45, 2.75) is 19.4 Å². The van der Waals surface area contributed by atoms with E-state index in [1.165, 1.54) is 0 Å². The largest absolute Gasteiger partial charge is 0.493 e. The van der Waals surface area contributed by atoms with E-state index in [2.05, 4.69) is 10.6 Å². The molecule has 2 N–H and O–H groups in total. The van der Waals surface area contributed by atoms with Gasteiger partial charge >= 0.3 is 0 Å². The smallest absolute Gasteiger partial charge is 0.239 e. The zero-order valence-electron chi connectivity index (χ0n) is 11.9. The fourth-order valence-corrected chi connectivity index (χ4v) is 2.04. The summed E-state index contributed by atoms with van der Waals surface area (Å²) in [5, 5.41) is 6.02. The molecule has 1 amide bonds. The number of amides is 1. The second-order valence-corrected chi connectivity index (χ2v) is 4.84. The van der Waals surface area contributed by atoms with Crippen molar-refractivity contribution in [3.63, 3.8) is 0 Å². The van der Waals surface area contributed by atoms with Gasteiger partial charge in [-0.25, -0.2) is 0 Å². The molecule has 20 heavy (non-hydrogen) atoms. The lowest BCUT2D eigenvalue weighted by Gasteiger charge is -2.22. The molecule has 1 atom stereocenters. The van der Waals surface area contributed by atoms with Crippen LogP contribution >= 0.6 is 0 Å². The van der Waals surface area contributed by atoms with Gasteiger partial charge in [0.15, 0.2) is 0 Å². The van der Waals surface area contributed by atoms with Gasteiger partial charge in [0, 0.05) is 13.1 Å². The molecule has 1 saturated heterocycles. The maximum absolute atomic E-state index is 11.8. The summed E-state index contributed by atoms with van der Waals surface area (Å²) in [7, 11) is 0. The number of aryl methyl sites for hydroxylation is 1. The van der Waals surface area contributed by atoms with E-state index >= 15 is 0 Å². The van der Waals surface area contributed by atoms with Gasteiger partial charge in [0.1, 0.15) is 11.8 Å².